The summed E-state index contributed by atoms with van der Waals surface area (Å²) in [5.74, 6) is 0. The maximum atomic E-state index is 11.3. The third-order valence-corrected chi connectivity index (χ3v) is 2.60. The van der Waals surface area contributed by atoms with Crippen LogP contribution in [0.2, 0.25) is 0 Å². The predicted molar refractivity (Wildman–Crippen MR) is 47.0 cm³/mol. The Morgan fingerprint density at radius 3 is 3.00 bits per heavy atom. The van der Waals surface area contributed by atoms with Crippen LogP contribution in [0.5, 0.6) is 0 Å². The van der Waals surface area contributed by atoms with Crippen LogP contribution in [-0.4, -0.2) is 15.8 Å². The van der Waals surface area contributed by atoms with Crippen LogP contribution in [0.4, 0.5) is 0 Å². The first-order valence-electron chi connectivity index (χ1n) is 3.72. The Labute approximate surface area is 74.4 Å². The number of hydrogen-bond acceptors (Lipinski definition) is 3. The van der Waals surface area contributed by atoms with Crippen molar-refractivity contribution in [2.75, 3.05) is 6.61 Å². The van der Waals surface area contributed by atoms with E-state index in [0.29, 0.717) is 11.5 Å². The second-order valence-electron chi connectivity index (χ2n) is 2.23. The molecule has 0 aliphatic heterocycles. The summed E-state index contributed by atoms with van der Waals surface area (Å²) in [6.45, 7) is 4.07. The fourth-order valence-electron chi connectivity index (χ4n) is 0.816. The molecule has 0 aliphatic carbocycles. The minimum absolute atomic E-state index is 0.445. The second-order valence-corrected chi connectivity index (χ2v) is 3.37. The Morgan fingerprint density at radius 1 is 1.67 bits per heavy atom. The van der Waals surface area contributed by atoms with Crippen LogP contribution in [-0.2, 0) is 15.3 Å². The van der Waals surface area contributed by atoms with Crippen molar-refractivity contribution in [3.63, 3.8) is 0 Å². The topological polar surface area (TPSA) is 39.2 Å². The van der Waals surface area contributed by atoms with Crippen LogP contribution in [0.3, 0.4) is 0 Å². The van der Waals surface area contributed by atoms with Gasteiger partial charge in [0.1, 0.15) is 0 Å². The lowest BCUT2D eigenvalue weighted by Gasteiger charge is -2.02. The largest absolute Gasteiger partial charge is 0.287 e. The highest BCUT2D eigenvalue weighted by molar-refractivity contribution is 7.80. The minimum atomic E-state index is -1.36. The van der Waals surface area contributed by atoms with Gasteiger partial charge >= 0.3 is 0 Å². The number of pyridine rings is 1. The standard InChI is InChI=1S/C8H11NO2S/c1-3-11-12(10)8-5-4-6-9-7(8)2/h4-6H,3H2,1-2H3. The zero-order valence-corrected chi connectivity index (χ0v) is 7.93. The Balaban J connectivity index is 2.87. The third-order valence-electron chi connectivity index (χ3n) is 1.36. The van der Waals surface area contributed by atoms with Crippen molar-refractivity contribution < 1.29 is 8.39 Å². The van der Waals surface area contributed by atoms with Gasteiger partial charge in [0.15, 0.2) is 11.1 Å². The van der Waals surface area contributed by atoms with Crippen molar-refractivity contribution in [2.24, 2.45) is 0 Å². The highest BCUT2D eigenvalue weighted by Gasteiger charge is 2.06. The highest BCUT2D eigenvalue weighted by atomic mass is 32.2. The minimum Gasteiger partial charge on any atom is -0.287 e. The maximum absolute atomic E-state index is 11.3. The zero-order valence-electron chi connectivity index (χ0n) is 7.11. The summed E-state index contributed by atoms with van der Waals surface area (Å²) in [4.78, 5) is 4.66. The van der Waals surface area contributed by atoms with Gasteiger partial charge in [-0.05, 0) is 26.0 Å². The number of hydrogen-bond donors (Lipinski definition) is 0. The molecule has 0 saturated carbocycles. The molecule has 12 heavy (non-hydrogen) atoms. The normalized spacial score (nSPS) is 12.8. The third kappa shape index (κ3) is 2.12. The first kappa shape index (κ1) is 9.35. The molecule has 0 saturated heterocycles. The number of aryl methyl sites for hydroxylation is 1. The lowest BCUT2D eigenvalue weighted by Crippen LogP contribution is -2.00. The molecule has 1 rings (SSSR count). The van der Waals surface area contributed by atoms with Crippen LogP contribution < -0.4 is 0 Å². The molecule has 3 nitrogen and oxygen atoms in total. The van der Waals surface area contributed by atoms with E-state index < -0.39 is 11.1 Å². The van der Waals surface area contributed by atoms with E-state index in [-0.39, 0.29) is 0 Å². The van der Waals surface area contributed by atoms with Gasteiger partial charge in [-0.15, -0.1) is 0 Å². The van der Waals surface area contributed by atoms with Crippen LogP contribution in [0, 0.1) is 6.92 Å². The van der Waals surface area contributed by atoms with Crippen molar-refractivity contribution in [1.29, 1.82) is 0 Å². The van der Waals surface area contributed by atoms with Crippen molar-refractivity contribution >= 4 is 11.1 Å². The first-order valence-corrected chi connectivity index (χ1v) is 4.80. The molecule has 1 atom stereocenters. The molecular weight excluding hydrogens is 174 g/mol. The fraction of sp³-hybridized carbons (Fsp3) is 0.375. The average molecular weight is 185 g/mol. The zero-order chi connectivity index (χ0) is 8.97. The lowest BCUT2D eigenvalue weighted by molar-refractivity contribution is 0.371. The van der Waals surface area contributed by atoms with E-state index in [1.54, 1.807) is 18.3 Å². The Bertz CT molecular complexity index is 288. The van der Waals surface area contributed by atoms with Gasteiger partial charge in [-0.25, -0.2) is 4.21 Å². The van der Waals surface area contributed by atoms with E-state index in [9.17, 15) is 4.21 Å². The molecule has 66 valence electrons. The SMILES string of the molecule is CCOS(=O)c1cccnc1C. The molecule has 1 heterocycles. The van der Waals surface area contributed by atoms with Crippen molar-refractivity contribution in [3.8, 4) is 0 Å². The summed E-state index contributed by atoms with van der Waals surface area (Å²) in [6, 6.07) is 3.51. The molecule has 0 bridgehead atoms. The molecule has 4 heteroatoms. The van der Waals surface area contributed by atoms with Gasteiger partial charge in [0.2, 0.25) is 0 Å². The molecule has 1 aromatic rings. The summed E-state index contributed by atoms with van der Waals surface area (Å²) in [7, 11) is 0. The van der Waals surface area contributed by atoms with Gasteiger partial charge in [-0.2, -0.15) is 0 Å². The smallest absolute Gasteiger partial charge is 0.191 e. The van der Waals surface area contributed by atoms with Gasteiger partial charge in [-0.3, -0.25) is 9.17 Å². The first-order chi connectivity index (χ1) is 5.75. The van der Waals surface area contributed by atoms with E-state index in [1.807, 2.05) is 13.8 Å². The molecule has 0 aliphatic rings. The van der Waals surface area contributed by atoms with E-state index in [0.717, 1.165) is 5.69 Å². The second kappa shape index (κ2) is 4.33. The fourth-order valence-corrected chi connectivity index (χ4v) is 1.64. The van der Waals surface area contributed by atoms with Crippen molar-refractivity contribution in [2.45, 2.75) is 18.7 Å². The van der Waals surface area contributed by atoms with Gasteiger partial charge in [0.25, 0.3) is 0 Å². The van der Waals surface area contributed by atoms with Crippen LogP contribution in [0.15, 0.2) is 23.2 Å². The van der Waals surface area contributed by atoms with E-state index in [2.05, 4.69) is 4.98 Å². The van der Waals surface area contributed by atoms with E-state index in [4.69, 9.17) is 4.18 Å². The van der Waals surface area contributed by atoms with Gasteiger partial charge in [-0.1, -0.05) is 0 Å². The lowest BCUT2D eigenvalue weighted by atomic mass is 10.4. The number of rotatable bonds is 3. The molecule has 0 N–H and O–H groups in total. The summed E-state index contributed by atoms with van der Waals surface area (Å²) in [6.07, 6.45) is 1.67. The van der Waals surface area contributed by atoms with E-state index in [1.165, 1.54) is 0 Å². The average Bonchev–Trinajstić information content (AvgIpc) is 2.05. The molecule has 0 amide bonds. The molecule has 0 spiro atoms. The molecule has 0 aromatic carbocycles. The monoisotopic (exact) mass is 185 g/mol. The highest BCUT2D eigenvalue weighted by Crippen LogP contribution is 2.09. The quantitative estimate of drug-likeness (QED) is 0.715. The van der Waals surface area contributed by atoms with Gasteiger partial charge in [0, 0.05) is 6.20 Å². The molecule has 0 radical (unpaired) electrons. The summed E-state index contributed by atoms with van der Waals surface area (Å²) >= 11 is -1.36. The molecule has 0 fully saturated rings. The number of aromatic nitrogens is 1. The summed E-state index contributed by atoms with van der Waals surface area (Å²) in [5, 5.41) is 0. The Morgan fingerprint density at radius 2 is 2.42 bits per heavy atom. The summed E-state index contributed by atoms with van der Waals surface area (Å²) < 4.78 is 16.3. The predicted octanol–water partition coefficient (Wildman–Crippen LogP) is 1.45. The van der Waals surface area contributed by atoms with E-state index >= 15 is 0 Å². The van der Waals surface area contributed by atoms with Crippen molar-refractivity contribution in [1.82, 2.24) is 4.98 Å². The molecule has 1 aromatic heterocycles. The van der Waals surface area contributed by atoms with Crippen molar-refractivity contribution in [3.05, 3.63) is 24.0 Å². The molecule has 1 unspecified atom stereocenters. The summed E-state index contributed by atoms with van der Waals surface area (Å²) in [5.41, 5.74) is 0.754. The number of nitrogens with zero attached hydrogens (tertiary/aromatic N) is 1. The maximum Gasteiger partial charge on any atom is 0.191 e. The van der Waals surface area contributed by atoms with Crippen LogP contribution in [0.1, 0.15) is 12.6 Å². The van der Waals surface area contributed by atoms with Crippen LogP contribution >= 0.6 is 0 Å². The molecular formula is C8H11NO2S. The van der Waals surface area contributed by atoms with Gasteiger partial charge < -0.3 is 0 Å². The Kier molecular flexibility index (Phi) is 3.37. The Hall–Kier alpha value is -0.740. The van der Waals surface area contributed by atoms with Crippen LogP contribution in [0.25, 0.3) is 0 Å². The van der Waals surface area contributed by atoms with Gasteiger partial charge in [0.05, 0.1) is 17.2 Å².